The van der Waals surface area contributed by atoms with Gasteiger partial charge in [0, 0.05) is 62.8 Å². The van der Waals surface area contributed by atoms with Gasteiger partial charge in [-0.2, -0.15) is 22.5 Å². The summed E-state index contributed by atoms with van der Waals surface area (Å²) in [7, 11) is -4.05. The third-order valence-electron chi connectivity index (χ3n) is 7.19. The van der Waals surface area contributed by atoms with Crippen LogP contribution in [0.15, 0.2) is 29.3 Å². The fourth-order valence-corrected chi connectivity index (χ4v) is 6.46. The van der Waals surface area contributed by atoms with E-state index in [0.717, 1.165) is 12.1 Å². The second-order valence-electron chi connectivity index (χ2n) is 10.7. The number of hydrogen-bond donors (Lipinski definition) is 2. The number of aromatic nitrogens is 2. The number of halogens is 5. The maximum atomic E-state index is 14.1. The van der Waals surface area contributed by atoms with Crippen molar-refractivity contribution in [1.82, 2.24) is 19.2 Å². The number of aliphatic hydroxyl groups is 1. The van der Waals surface area contributed by atoms with Gasteiger partial charge in [0.05, 0.1) is 10.5 Å². The maximum absolute atomic E-state index is 14.1. The second-order valence-corrected chi connectivity index (χ2v) is 12.6. The average molecular weight is 593 g/mol. The third kappa shape index (κ3) is 6.64. The van der Waals surface area contributed by atoms with E-state index in [2.05, 4.69) is 20.2 Å². The summed E-state index contributed by atoms with van der Waals surface area (Å²) in [6.07, 6.45) is -6.49. The Kier molecular flexibility index (Phi) is 8.60. The van der Waals surface area contributed by atoms with Gasteiger partial charge in [-0.15, -0.1) is 0 Å². The molecule has 0 amide bonds. The first-order valence-corrected chi connectivity index (χ1v) is 14.4. The summed E-state index contributed by atoms with van der Waals surface area (Å²) in [5.41, 5.74) is -3.25. The van der Waals surface area contributed by atoms with Gasteiger partial charge >= 0.3 is 6.18 Å². The first-order valence-electron chi connectivity index (χ1n) is 12.9. The van der Waals surface area contributed by atoms with Crippen LogP contribution in [-0.2, 0) is 16.2 Å². The second kappa shape index (κ2) is 11.3. The first-order chi connectivity index (χ1) is 18.6. The molecular weight excluding hydrogens is 559 g/mol. The fraction of sp³-hybridized carbons (Fsp3) is 0.600. The molecule has 2 aliphatic rings. The van der Waals surface area contributed by atoms with Crippen molar-refractivity contribution >= 4 is 27.5 Å². The zero-order valence-corrected chi connectivity index (χ0v) is 23.2. The molecule has 15 heteroatoms. The minimum absolute atomic E-state index is 0.104. The van der Waals surface area contributed by atoms with Gasteiger partial charge in [-0.3, -0.25) is 4.90 Å². The Bertz CT molecular complexity index is 1310. The van der Waals surface area contributed by atoms with E-state index in [1.54, 1.807) is 0 Å². The van der Waals surface area contributed by atoms with E-state index in [0.29, 0.717) is 32.1 Å². The fourth-order valence-electron chi connectivity index (χ4n) is 5.00. The van der Waals surface area contributed by atoms with E-state index >= 15 is 0 Å². The molecule has 0 saturated carbocycles. The number of nitrogens with one attached hydrogen (secondary N) is 1. The maximum Gasteiger partial charge on any atom is 0.421 e. The zero-order chi connectivity index (χ0) is 29.5. The predicted octanol–water partition coefficient (Wildman–Crippen LogP) is 4.24. The average Bonchev–Trinajstić information content (AvgIpc) is 2.87. The van der Waals surface area contributed by atoms with Crippen LogP contribution in [0.1, 0.15) is 51.2 Å². The lowest BCUT2D eigenvalue weighted by atomic mass is 9.95. The number of sulfonamides is 1. The van der Waals surface area contributed by atoms with Gasteiger partial charge in [0.15, 0.2) is 0 Å². The van der Waals surface area contributed by atoms with Crippen LogP contribution < -0.4 is 10.2 Å². The molecule has 1 aromatic heterocycles. The van der Waals surface area contributed by atoms with Gasteiger partial charge < -0.3 is 15.3 Å². The molecule has 0 radical (unpaired) electrons. The lowest BCUT2D eigenvalue weighted by Crippen LogP contribution is -2.50. The van der Waals surface area contributed by atoms with Crippen molar-refractivity contribution in [2.75, 3.05) is 49.5 Å². The molecular formula is C25H33F5N6O3S. The highest BCUT2D eigenvalue weighted by atomic mass is 32.2. The number of nitrogens with zero attached hydrogens (tertiary/aromatic N) is 5. The van der Waals surface area contributed by atoms with Crippen molar-refractivity contribution in [2.24, 2.45) is 0 Å². The van der Waals surface area contributed by atoms with Gasteiger partial charge in [-0.1, -0.05) is 0 Å². The molecule has 3 heterocycles. The summed E-state index contributed by atoms with van der Waals surface area (Å²) >= 11 is 0. The number of benzene rings is 1. The predicted molar refractivity (Wildman–Crippen MR) is 139 cm³/mol. The minimum atomic E-state index is -4.79. The standard InChI is InChI=1S/C25H33F5N6O3S/c1-16(2)34-9-11-36(12-10-34)40(38,39)17-5-6-20(18(13-17)21(26)27)32-23-31-14-19(25(28,29)30)22(33-23)35-8-4-7-24(3,37)15-35/h5-6,13-14,16,21,37H,4,7-12,15H2,1-3H3,(H,31,32,33)/t24-/m0/s1. The summed E-state index contributed by atoms with van der Waals surface area (Å²) < 4.78 is 97.0. The summed E-state index contributed by atoms with van der Waals surface area (Å²) in [6, 6.07) is 3.41. The summed E-state index contributed by atoms with van der Waals surface area (Å²) in [6.45, 7) is 7.08. The van der Waals surface area contributed by atoms with Crippen LogP contribution in [0.5, 0.6) is 0 Å². The highest BCUT2D eigenvalue weighted by Crippen LogP contribution is 2.38. The number of rotatable bonds is 7. The van der Waals surface area contributed by atoms with Crippen molar-refractivity contribution in [2.45, 2.75) is 62.8 Å². The SMILES string of the molecule is CC(C)N1CCN(S(=O)(=O)c2ccc(Nc3ncc(C(F)(F)F)c(N4CCC[C@](C)(O)C4)n3)c(C(F)F)c2)CC1. The molecule has 2 aliphatic heterocycles. The van der Waals surface area contributed by atoms with Gasteiger partial charge in [-0.25, -0.2) is 22.2 Å². The number of β-amino-alcohol motifs (C(OH)–C–C–N with tert-alkyl or cyclic N) is 1. The highest BCUT2D eigenvalue weighted by Gasteiger charge is 2.39. The molecule has 2 saturated heterocycles. The molecule has 9 nitrogen and oxygen atoms in total. The molecule has 40 heavy (non-hydrogen) atoms. The van der Waals surface area contributed by atoms with Crippen LogP contribution in [0, 0.1) is 0 Å². The smallest absolute Gasteiger partial charge is 0.388 e. The number of piperazine rings is 1. The lowest BCUT2D eigenvalue weighted by Gasteiger charge is -2.38. The van der Waals surface area contributed by atoms with Crippen LogP contribution in [0.3, 0.4) is 0 Å². The third-order valence-corrected chi connectivity index (χ3v) is 9.09. The largest absolute Gasteiger partial charge is 0.421 e. The van der Waals surface area contributed by atoms with E-state index in [4.69, 9.17) is 0 Å². The number of anilines is 3. The lowest BCUT2D eigenvalue weighted by molar-refractivity contribution is -0.137. The Morgan fingerprint density at radius 3 is 2.35 bits per heavy atom. The Morgan fingerprint density at radius 1 is 1.10 bits per heavy atom. The zero-order valence-electron chi connectivity index (χ0n) is 22.4. The van der Waals surface area contributed by atoms with E-state index in [9.17, 15) is 35.5 Å². The molecule has 2 N–H and O–H groups in total. The molecule has 2 aromatic rings. The Morgan fingerprint density at radius 2 is 1.77 bits per heavy atom. The molecule has 0 bridgehead atoms. The Balaban J connectivity index is 1.63. The molecule has 4 rings (SSSR count). The molecule has 1 aromatic carbocycles. The van der Waals surface area contributed by atoms with Gasteiger partial charge in [0.2, 0.25) is 16.0 Å². The normalized spacial score (nSPS) is 21.8. The number of hydrogen-bond acceptors (Lipinski definition) is 8. The summed E-state index contributed by atoms with van der Waals surface area (Å²) in [5, 5.41) is 12.9. The topological polar surface area (TPSA) is 102 Å². The van der Waals surface area contributed by atoms with Crippen LogP contribution in [0.2, 0.25) is 0 Å². The van der Waals surface area contributed by atoms with Crippen LogP contribution in [-0.4, -0.2) is 83.6 Å². The highest BCUT2D eigenvalue weighted by molar-refractivity contribution is 7.89. The van der Waals surface area contributed by atoms with Crippen molar-refractivity contribution < 1.29 is 35.5 Å². The molecule has 222 valence electrons. The molecule has 1 atom stereocenters. The van der Waals surface area contributed by atoms with E-state index < -0.39 is 45.2 Å². The van der Waals surface area contributed by atoms with E-state index in [1.807, 2.05) is 13.8 Å². The Labute approximate surface area is 230 Å². The van der Waals surface area contributed by atoms with E-state index in [1.165, 1.54) is 22.2 Å². The Hall–Kier alpha value is -2.62. The van der Waals surface area contributed by atoms with Crippen molar-refractivity contribution in [3.8, 4) is 0 Å². The van der Waals surface area contributed by atoms with Crippen LogP contribution in [0.4, 0.5) is 39.4 Å². The van der Waals surface area contributed by atoms with E-state index in [-0.39, 0.29) is 48.8 Å². The molecule has 2 fully saturated rings. The number of piperidine rings is 1. The van der Waals surface area contributed by atoms with Crippen molar-refractivity contribution in [3.63, 3.8) is 0 Å². The number of alkyl halides is 5. The summed E-state index contributed by atoms with van der Waals surface area (Å²) in [4.78, 5) is 10.8. The molecule has 0 aliphatic carbocycles. The van der Waals surface area contributed by atoms with Gasteiger partial charge in [0.25, 0.3) is 6.43 Å². The van der Waals surface area contributed by atoms with Gasteiger partial charge in [-0.05, 0) is 51.8 Å². The quantitative estimate of drug-likeness (QED) is 0.461. The first kappa shape index (κ1) is 30.3. The van der Waals surface area contributed by atoms with Crippen LogP contribution in [0.25, 0.3) is 0 Å². The van der Waals surface area contributed by atoms with Crippen molar-refractivity contribution in [1.29, 1.82) is 0 Å². The van der Waals surface area contributed by atoms with Gasteiger partial charge in [0.1, 0.15) is 11.4 Å². The summed E-state index contributed by atoms with van der Waals surface area (Å²) in [5.74, 6) is -0.862. The minimum Gasteiger partial charge on any atom is -0.388 e. The monoisotopic (exact) mass is 592 g/mol. The molecule has 0 spiro atoms. The van der Waals surface area contributed by atoms with Crippen molar-refractivity contribution in [3.05, 3.63) is 35.5 Å². The molecule has 0 unspecified atom stereocenters. The van der Waals surface area contributed by atoms with Crippen LogP contribution >= 0.6 is 0 Å².